The summed E-state index contributed by atoms with van der Waals surface area (Å²) in [4.78, 5) is 29.3. The minimum atomic E-state index is -0.356. The highest BCUT2D eigenvalue weighted by molar-refractivity contribution is 6.23. The second-order valence-electron chi connectivity index (χ2n) is 9.05. The Labute approximate surface area is 222 Å². The first kappa shape index (κ1) is 24.8. The first-order valence-corrected chi connectivity index (χ1v) is 12.4. The van der Waals surface area contributed by atoms with Crippen molar-refractivity contribution in [3.8, 4) is 11.3 Å². The molecule has 38 heavy (non-hydrogen) atoms. The third-order valence-electron chi connectivity index (χ3n) is 6.28. The number of benzene rings is 3. The van der Waals surface area contributed by atoms with Crippen molar-refractivity contribution in [2.75, 3.05) is 30.5 Å². The molecule has 1 aliphatic rings. The lowest BCUT2D eigenvalue weighted by atomic mass is 10.1. The molecule has 0 aliphatic carbocycles. The fourth-order valence-electron chi connectivity index (χ4n) is 4.32. The molecule has 0 unspecified atom stereocenters. The van der Waals surface area contributed by atoms with Gasteiger partial charge < -0.3 is 14.1 Å². The van der Waals surface area contributed by atoms with Gasteiger partial charge in [-0.2, -0.15) is 0 Å². The fraction of sp³-hybridized carbons (Fsp3) is 0.125. The molecule has 6 nitrogen and oxygen atoms in total. The summed E-state index contributed by atoms with van der Waals surface area (Å²) >= 11 is 0. The number of anilines is 2. The molecule has 190 valence electrons. The Bertz CT molecular complexity index is 1510. The monoisotopic (exact) mass is 504 g/mol. The van der Waals surface area contributed by atoms with E-state index in [1.165, 1.54) is 0 Å². The van der Waals surface area contributed by atoms with Gasteiger partial charge in [0.25, 0.3) is 5.91 Å². The van der Waals surface area contributed by atoms with Crippen LogP contribution >= 0.6 is 0 Å². The number of carbonyl (C=O) groups is 2. The topological polar surface area (TPSA) is 63.0 Å². The average Bonchev–Trinajstić information content (AvgIpc) is 3.54. The van der Waals surface area contributed by atoms with Crippen molar-refractivity contribution in [3.63, 3.8) is 0 Å². The van der Waals surface area contributed by atoms with Crippen molar-refractivity contribution in [3.05, 3.63) is 120 Å². The van der Waals surface area contributed by atoms with Gasteiger partial charge in [0.15, 0.2) is 0 Å². The molecular weight excluding hydrogens is 476 g/mol. The van der Waals surface area contributed by atoms with Crippen molar-refractivity contribution in [2.24, 2.45) is 0 Å². The van der Waals surface area contributed by atoms with Crippen molar-refractivity contribution in [2.45, 2.75) is 6.92 Å². The molecule has 0 fully saturated rings. The number of ether oxygens (including phenoxy) is 1. The zero-order valence-corrected chi connectivity index (χ0v) is 21.5. The van der Waals surface area contributed by atoms with Gasteiger partial charge in [-0.3, -0.25) is 9.69 Å². The third-order valence-corrected chi connectivity index (χ3v) is 6.28. The average molecular weight is 505 g/mol. The van der Waals surface area contributed by atoms with E-state index < -0.39 is 0 Å². The van der Waals surface area contributed by atoms with E-state index in [0.717, 1.165) is 28.2 Å². The van der Waals surface area contributed by atoms with Gasteiger partial charge in [-0.1, -0.05) is 42.5 Å². The molecule has 1 aromatic heterocycles. The Kier molecular flexibility index (Phi) is 6.96. The van der Waals surface area contributed by atoms with Gasteiger partial charge in [0.2, 0.25) is 0 Å². The minimum Gasteiger partial charge on any atom is -0.462 e. The van der Waals surface area contributed by atoms with Crippen molar-refractivity contribution < 1.29 is 18.7 Å². The number of nitrogens with zero attached hydrogens (tertiary/aromatic N) is 2. The van der Waals surface area contributed by atoms with Crippen LogP contribution in [0.15, 0.2) is 107 Å². The minimum absolute atomic E-state index is 0.127. The summed E-state index contributed by atoms with van der Waals surface area (Å²) in [5.41, 5.74) is 5.44. The lowest BCUT2D eigenvalue weighted by Crippen LogP contribution is -2.25. The Balaban J connectivity index is 1.45. The Morgan fingerprint density at radius 3 is 2.26 bits per heavy atom. The van der Waals surface area contributed by atoms with Crippen LogP contribution in [-0.4, -0.2) is 32.6 Å². The van der Waals surface area contributed by atoms with Crippen LogP contribution in [0.4, 0.5) is 11.4 Å². The maximum atomic E-state index is 13.7. The summed E-state index contributed by atoms with van der Waals surface area (Å²) < 4.78 is 11.1. The van der Waals surface area contributed by atoms with Crippen LogP contribution in [0.1, 0.15) is 28.6 Å². The van der Waals surface area contributed by atoms with Gasteiger partial charge in [0.05, 0.1) is 17.9 Å². The van der Waals surface area contributed by atoms with Crippen LogP contribution in [0, 0.1) is 0 Å². The predicted octanol–water partition coefficient (Wildman–Crippen LogP) is 6.66. The van der Waals surface area contributed by atoms with Gasteiger partial charge in [-0.05, 0) is 73.2 Å². The first-order chi connectivity index (χ1) is 18.4. The molecule has 0 N–H and O–H groups in total. The quantitative estimate of drug-likeness (QED) is 0.208. The van der Waals surface area contributed by atoms with Crippen LogP contribution in [-0.2, 0) is 9.53 Å². The molecule has 1 aliphatic heterocycles. The number of rotatable bonds is 7. The van der Waals surface area contributed by atoms with Crippen molar-refractivity contribution in [1.82, 2.24) is 0 Å². The smallest absolute Gasteiger partial charge is 0.338 e. The molecule has 2 heterocycles. The number of amides is 1. The number of hydrogen-bond donors (Lipinski definition) is 0. The summed E-state index contributed by atoms with van der Waals surface area (Å²) in [5, 5.41) is 0. The molecule has 0 saturated heterocycles. The number of esters is 1. The molecule has 0 saturated carbocycles. The SMILES string of the molecule is CCOC(=O)c1ccc(-c2ccc(/C=C3\C=C(c4ccccc4)N(c4ccc(N(C)C)cc4)C3=O)o2)cc1. The summed E-state index contributed by atoms with van der Waals surface area (Å²) in [6.07, 6.45) is 3.66. The van der Waals surface area contributed by atoms with Crippen LogP contribution in [0.2, 0.25) is 0 Å². The summed E-state index contributed by atoms with van der Waals surface area (Å²) in [6, 6.07) is 28.5. The Morgan fingerprint density at radius 1 is 0.895 bits per heavy atom. The zero-order valence-electron chi connectivity index (χ0n) is 21.5. The molecule has 0 bridgehead atoms. The van der Waals surface area contributed by atoms with Crippen LogP contribution in [0.3, 0.4) is 0 Å². The molecular formula is C32H28N2O4. The molecule has 1 amide bonds. The normalized spacial score (nSPS) is 14.1. The first-order valence-electron chi connectivity index (χ1n) is 12.4. The van der Waals surface area contributed by atoms with Crippen LogP contribution in [0.25, 0.3) is 23.1 Å². The second kappa shape index (κ2) is 10.6. The highest BCUT2D eigenvalue weighted by atomic mass is 16.5. The lowest BCUT2D eigenvalue weighted by molar-refractivity contribution is -0.113. The number of furan rings is 1. The highest BCUT2D eigenvalue weighted by Crippen LogP contribution is 2.36. The van der Waals surface area contributed by atoms with E-state index in [1.807, 2.05) is 104 Å². The molecule has 4 aromatic rings. The van der Waals surface area contributed by atoms with Gasteiger partial charge in [-0.25, -0.2) is 4.79 Å². The van der Waals surface area contributed by atoms with E-state index in [0.29, 0.717) is 29.3 Å². The zero-order chi connectivity index (χ0) is 26.6. The Hall–Kier alpha value is -4.84. The molecule has 3 aromatic carbocycles. The highest BCUT2D eigenvalue weighted by Gasteiger charge is 2.30. The van der Waals surface area contributed by atoms with Gasteiger partial charge in [-0.15, -0.1) is 0 Å². The predicted molar refractivity (Wildman–Crippen MR) is 151 cm³/mol. The third kappa shape index (κ3) is 5.02. The fourth-order valence-corrected chi connectivity index (χ4v) is 4.32. The van der Waals surface area contributed by atoms with E-state index in [4.69, 9.17) is 9.15 Å². The van der Waals surface area contributed by atoms with Gasteiger partial charge in [0.1, 0.15) is 11.5 Å². The lowest BCUT2D eigenvalue weighted by Gasteiger charge is -2.22. The van der Waals surface area contributed by atoms with E-state index in [2.05, 4.69) is 0 Å². The standard InChI is InChI=1S/C32H28N2O4/c1-4-37-32(36)24-12-10-23(11-13-24)30-19-18-28(38-30)20-25-21-29(22-8-6-5-7-9-22)34(31(25)35)27-16-14-26(15-17-27)33(2)3/h5-21H,4H2,1-3H3/b25-20+. The van der Waals surface area contributed by atoms with E-state index in [-0.39, 0.29) is 11.9 Å². The Morgan fingerprint density at radius 2 is 1.61 bits per heavy atom. The van der Waals surface area contributed by atoms with Gasteiger partial charge >= 0.3 is 5.97 Å². The summed E-state index contributed by atoms with van der Waals surface area (Å²) in [6.45, 7) is 2.10. The summed E-state index contributed by atoms with van der Waals surface area (Å²) in [5.74, 6) is 0.719. The largest absolute Gasteiger partial charge is 0.462 e. The summed E-state index contributed by atoms with van der Waals surface area (Å²) in [7, 11) is 3.97. The molecule has 0 atom stereocenters. The van der Waals surface area contributed by atoms with Crippen LogP contribution < -0.4 is 9.80 Å². The molecule has 6 heteroatoms. The maximum Gasteiger partial charge on any atom is 0.338 e. The van der Waals surface area contributed by atoms with Crippen molar-refractivity contribution in [1.29, 1.82) is 0 Å². The number of hydrogen-bond acceptors (Lipinski definition) is 5. The second-order valence-corrected chi connectivity index (χ2v) is 9.05. The maximum absolute atomic E-state index is 13.7. The number of carbonyl (C=O) groups excluding carboxylic acids is 2. The van der Waals surface area contributed by atoms with E-state index >= 15 is 0 Å². The molecule has 5 rings (SSSR count). The molecule has 0 radical (unpaired) electrons. The van der Waals surface area contributed by atoms with Crippen LogP contribution in [0.5, 0.6) is 0 Å². The van der Waals surface area contributed by atoms with E-state index in [9.17, 15) is 9.59 Å². The van der Waals surface area contributed by atoms with E-state index in [1.54, 1.807) is 30.0 Å². The van der Waals surface area contributed by atoms with Gasteiger partial charge in [0, 0.05) is 36.6 Å². The van der Waals surface area contributed by atoms with Crippen molar-refractivity contribution >= 4 is 35.0 Å². The molecule has 0 spiro atoms.